The summed E-state index contributed by atoms with van der Waals surface area (Å²) in [4.78, 5) is 16.9. The van der Waals surface area contributed by atoms with Gasteiger partial charge in [0.2, 0.25) is 11.9 Å². The van der Waals surface area contributed by atoms with Gasteiger partial charge in [0.25, 0.3) is 0 Å². The zero-order valence-corrected chi connectivity index (χ0v) is 12.2. The molecule has 7 heteroatoms. The Hall–Kier alpha value is -2.18. The average molecular weight is 276 g/mol. The zero-order chi connectivity index (χ0) is 14.5. The third-order valence-electron chi connectivity index (χ3n) is 2.90. The Bertz CT molecular complexity index is 540. The Morgan fingerprint density at radius 3 is 2.65 bits per heavy atom. The molecule has 0 bridgehead atoms. The van der Waals surface area contributed by atoms with Crippen molar-refractivity contribution < 1.29 is 4.74 Å². The van der Waals surface area contributed by atoms with Crippen LogP contribution in [0.4, 0.5) is 5.95 Å². The van der Waals surface area contributed by atoms with E-state index in [2.05, 4.69) is 39.1 Å². The molecule has 2 aromatic heterocycles. The van der Waals surface area contributed by atoms with Gasteiger partial charge in [0, 0.05) is 18.9 Å². The molecule has 0 saturated heterocycles. The Morgan fingerprint density at radius 1 is 1.25 bits per heavy atom. The van der Waals surface area contributed by atoms with Gasteiger partial charge in [0.05, 0.1) is 0 Å². The Morgan fingerprint density at radius 2 is 2.05 bits per heavy atom. The Kier molecular flexibility index (Phi) is 4.49. The van der Waals surface area contributed by atoms with Gasteiger partial charge in [-0.25, -0.2) is 4.98 Å². The molecule has 0 aromatic carbocycles. The highest BCUT2D eigenvalue weighted by molar-refractivity contribution is 5.30. The van der Waals surface area contributed by atoms with E-state index in [0.29, 0.717) is 23.8 Å². The molecule has 2 heterocycles. The highest BCUT2D eigenvalue weighted by atomic mass is 16.5. The summed E-state index contributed by atoms with van der Waals surface area (Å²) in [6, 6.07) is 0.320. The molecule has 108 valence electrons. The molecule has 0 aliphatic carbocycles. The van der Waals surface area contributed by atoms with Crippen LogP contribution in [0.15, 0.2) is 18.7 Å². The van der Waals surface area contributed by atoms with Crippen molar-refractivity contribution in [1.29, 1.82) is 0 Å². The summed E-state index contributed by atoms with van der Waals surface area (Å²) >= 11 is 0. The standard InChI is InChI=1S/C13H20N6O/c1-5-15-11-16-12(19-7-6-14-8-19)18-13(17-11)20-10(4)9(2)3/h6-10H,5H2,1-4H3,(H,15,16,17,18). The number of hydrogen-bond acceptors (Lipinski definition) is 6. The molecule has 20 heavy (non-hydrogen) atoms. The molecule has 2 aromatic rings. The van der Waals surface area contributed by atoms with Crippen molar-refractivity contribution >= 4 is 5.95 Å². The van der Waals surface area contributed by atoms with Crippen LogP contribution in [0.25, 0.3) is 5.95 Å². The maximum absolute atomic E-state index is 5.77. The topological polar surface area (TPSA) is 77.8 Å². The molecule has 1 N–H and O–H groups in total. The molecule has 7 nitrogen and oxygen atoms in total. The summed E-state index contributed by atoms with van der Waals surface area (Å²) < 4.78 is 7.48. The lowest BCUT2D eigenvalue weighted by Gasteiger charge is -2.17. The summed E-state index contributed by atoms with van der Waals surface area (Å²) in [6.45, 7) is 8.89. The van der Waals surface area contributed by atoms with E-state index in [1.54, 1.807) is 23.3 Å². The third kappa shape index (κ3) is 3.43. The van der Waals surface area contributed by atoms with Crippen LogP contribution in [0.2, 0.25) is 0 Å². The molecular formula is C13H20N6O. The third-order valence-corrected chi connectivity index (χ3v) is 2.90. The molecular weight excluding hydrogens is 256 g/mol. The van der Waals surface area contributed by atoms with Gasteiger partial charge in [0.1, 0.15) is 12.4 Å². The number of ether oxygens (including phenoxy) is 1. The van der Waals surface area contributed by atoms with E-state index < -0.39 is 0 Å². The smallest absolute Gasteiger partial charge is 0.323 e. The number of anilines is 1. The second-order valence-electron chi connectivity index (χ2n) is 4.81. The fourth-order valence-corrected chi connectivity index (χ4v) is 1.43. The van der Waals surface area contributed by atoms with Crippen LogP contribution in [-0.2, 0) is 0 Å². The minimum absolute atomic E-state index is 0.0301. The van der Waals surface area contributed by atoms with Crippen molar-refractivity contribution in [1.82, 2.24) is 24.5 Å². The summed E-state index contributed by atoms with van der Waals surface area (Å²) in [7, 11) is 0. The second-order valence-corrected chi connectivity index (χ2v) is 4.81. The van der Waals surface area contributed by atoms with Crippen LogP contribution in [-0.4, -0.2) is 37.2 Å². The first-order valence-corrected chi connectivity index (χ1v) is 6.75. The van der Waals surface area contributed by atoms with Crippen LogP contribution < -0.4 is 10.1 Å². The number of aromatic nitrogens is 5. The molecule has 0 amide bonds. The largest absolute Gasteiger partial charge is 0.460 e. The molecule has 0 spiro atoms. The van der Waals surface area contributed by atoms with E-state index in [9.17, 15) is 0 Å². The van der Waals surface area contributed by atoms with E-state index in [0.717, 1.165) is 6.54 Å². The molecule has 0 radical (unpaired) electrons. The van der Waals surface area contributed by atoms with E-state index in [4.69, 9.17) is 4.74 Å². The first-order valence-electron chi connectivity index (χ1n) is 6.75. The molecule has 0 aliphatic rings. The maximum Gasteiger partial charge on any atom is 0.323 e. The minimum atomic E-state index is 0.0301. The summed E-state index contributed by atoms with van der Waals surface area (Å²) in [6.07, 6.45) is 5.12. The number of nitrogens with zero attached hydrogens (tertiary/aromatic N) is 5. The SMILES string of the molecule is CCNc1nc(OC(C)C(C)C)nc(-n2ccnc2)n1. The highest BCUT2D eigenvalue weighted by Crippen LogP contribution is 2.14. The first kappa shape index (κ1) is 14.2. The lowest BCUT2D eigenvalue weighted by atomic mass is 10.1. The van der Waals surface area contributed by atoms with Gasteiger partial charge in [0.15, 0.2) is 0 Å². The van der Waals surface area contributed by atoms with Crippen molar-refractivity contribution in [2.45, 2.75) is 33.8 Å². The number of nitrogens with one attached hydrogen (secondary N) is 1. The molecule has 0 fully saturated rings. The summed E-state index contributed by atoms with van der Waals surface area (Å²) in [5, 5.41) is 3.08. The maximum atomic E-state index is 5.77. The number of imidazole rings is 1. The van der Waals surface area contributed by atoms with Gasteiger partial charge >= 0.3 is 6.01 Å². The quantitative estimate of drug-likeness (QED) is 0.868. The molecule has 0 saturated carbocycles. The van der Waals surface area contributed by atoms with Crippen LogP contribution in [0.3, 0.4) is 0 Å². The Balaban J connectivity index is 2.31. The zero-order valence-electron chi connectivity index (χ0n) is 12.2. The van der Waals surface area contributed by atoms with Gasteiger partial charge in [-0.2, -0.15) is 15.0 Å². The summed E-state index contributed by atoms with van der Waals surface area (Å²) in [5.41, 5.74) is 0. The van der Waals surface area contributed by atoms with Crippen molar-refractivity contribution in [3.05, 3.63) is 18.7 Å². The van der Waals surface area contributed by atoms with Crippen LogP contribution in [0, 0.1) is 5.92 Å². The fraction of sp³-hybridized carbons (Fsp3) is 0.538. The predicted molar refractivity (Wildman–Crippen MR) is 76.0 cm³/mol. The fourth-order valence-electron chi connectivity index (χ4n) is 1.43. The van der Waals surface area contributed by atoms with E-state index in [-0.39, 0.29) is 6.10 Å². The van der Waals surface area contributed by atoms with Crippen LogP contribution >= 0.6 is 0 Å². The normalized spacial score (nSPS) is 12.4. The number of hydrogen-bond donors (Lipinski definition) is 1. The van der Waals surface area contributed by atoms with E-state index in [1.165, 1.54) is 0 Å². The van der Waals surface area contributed by atoms with Crippen molar-refractivity contribution in [3.63, 3.8) is 0 Å². The van der Waals surface area contributed by atoms with Gasteiger partial charge in [-0.3, -0.25) is 4.57 Å². The second kappa shape index (κ2) is 6.31. The first-order chi connectivity index (χ1) is 9.60. The monoisotopic (exact) mass is 276 g/mol. The van der Waals surface area contributed by atoms with Crippen molar-refractivity contribution in [2.24, 2.45) is 5.92 Å². The molecule has 2 rings (SSSR count). The van der Waals surface area contributed by atoms with Crippen molar-refractivity contribution in [3.8, 4) is 12.0 Å². The average Bonchev–Trinajstić information content (AvgIpc) is 2.92. The van der Waals surface area contributed by atoms with Gasteiger partial charge in [-0.15, -0.1) is 0 Å². The van der Waals surface area contributed by atoms with E-state index in [1.807, 2.05) is 13.8 Å². The van der Waals surface area contributed by atoms with Crippen LogP contribution in [0.5, 0.6) is 6.01 Å². The molecule has 0 aliphatic heterocycles. The van der Waals surface area contributed by atoms with Gasteiger partial charge in [-0.1, -0.05) is 13.8 Å². The van der Waals surface area contributed by atoms with E-state index >= 15 is 0 Å². The Labute approximate surface area is 118 Å². The molecule has 1 unspecified atom stereocenters. The summed E-state index contributed by atoms with van der Waals surface area (Å²) in [5.74, 6) is 1.36. The van der Waals surface area contributed by atoms with Gasteiger partial charge in [-0.05, 0) is 19.8 Å². The van der Waals surface area contributed by atoms with Gasteiger partial charge < -0.3 is 10.1 Å². The minimum Gasteiger partial charge on any atom is -0.460 e. The lowest BCUT2D eigenvalue weighted by Crippen LogP contribution is -2.21. The highest BCUT2D eigenvalue weighted by Gasteiger charge is 2.14. The van der Waals surface area contributed by atoms with Crippen molar-refractivity contribution in [2.75, 3.05) is 11.9 Å². The molecule has 1 atom stereocenters. The lowest BCUT2D eigenvalue weighted by molar-refractivity contribution is 0.155. The number of rotatable bonds is 6. The predicted octanol–water partition coefficient (Wildman–Crippen LogP) is 1.91. The van der Waals surface area contributed by atoms with Crippen LogP contribution in [0.1, 0.15) is 27.7 Å².